The third-order valence-corrected chi connectivity index (χ3v) is 4.93. The summed E-state index contributed by atoms with van der Waals surface area (Å²) in [5.74, 6) is 0.753. The van der Waals surface area contributed by atoms with E-state index in [2.05, 4.69) is 26.8 Å². The molecule has 1 N–H and O–H groups in total. The van der Waals surface area contributed by atoms with Crippen LogP contribution in [0.5, 0.6) is 0 Å². The lowest BCUT2D eigenvalue weighted by molar-refractivity contribution is -0.134. The number of hydrogen-bond acceptors (Lipinski definition) is 2. The number of ketones is 1. The number of Topliss-reactive ketones (excluding diaryl/α,β-unsaturated/α-hetero) is 1. The monoisotopic (exact) mass is 236 g/mol. The van der Waals surface area contributed by atoms with Crippen LogP contribution in [0.3, 0.4) is 0 Å². The molecule has 0 bridgehead atoms. The fourth-order valence-corrected chi connectivity index (χ4v) is 3.61. The van der Waals surface area contributed by atoms with Gasteiger partial charge in [0.25, 0.3) is 0 Å². The van der Waals surface area contributed by atoms with Crippen LogP contribution < -0.4 is 0 Å². The fourth-order valence-electron chi connectivity index (χ4n) is 3.61. The molecular formula is C15H24O2. The topological polar surface area (TPSA) is 37.3 Å². The number of aliphatic hydroxyl groups is 1. The molecule has 0 radical (unpaired) electrons. The average Bonchev–Trinajstić information content (AvgIpc) is 2.50. The number of fused-ring (bicyclic) bond motifs is 1. The van der Waals surface area contributed by atoms with Gasteiger partial charge in [0.15, 0.2) is 0 Å². The predicted molar refractivity (Wildman–Crippen MR) is 68.5 cm³/mol. The van der Waals surface area contributed by atoms with Crippen molar-refractivity contribution in [2.24, 2.45) is 23.7 Å². The molecule has 0 amide bonds. The molecule has 1 fully saturated rings. The zero-order chi connectivity index (χ0) is 12.8. The Morgan fingerprint density at radius 2 is 2.06 bits per heavy atom. The smallest absolute Gasteiger partial charge is 0.146 e. The van der Waals surface area contributed by atoms with Crippen LogP contribution in [-0.4, -0.2) is 16.5 Å². The van der Waals surface area contributed by atoms with Crippen molar-refractivity contribution < 1.29 is 9.90 Å². The minimum absolute atomic E-state index is 0.123. The molecule has 4 atom stereocenters. The van der Waals surface area contributed by atoms with E-state index in [0.717, 1.165) is 18.4 Å². The van der Waals surface area contributed by atoms with E-state index in [-0.39, 0.29) is 23.5 Å². The Labute approximate surface area is 104 Å². The van der Waals surface area contributed by atoms with Crippen LogP contribution in [0.25, 0.3) is 0 Å². The lowest BCUT2D eigenvalue weighted by Crippen LogP contribution is -2.44. The molecule has 2 rings (SSSR count). The van der Waals surface area contributed by atoms with Crippen molar-refractivity contribution in [3.05, 3.63) is 11.6 Å². The highest BCUT2D eigenvalue weighted by Gasteiger charge is 2.52. The Kier molecular flexibility index (Phi) is 3.19. The highest BCUT2D eigenvalue weighted by molar-refractivity contribution is 5.88. The largest absolute Gasteiger partial charge is 0.388 e. The van der Waals surface area contributed by atoms with Gasteiger partial charge < -0.3 is 5.11 Å². The summed E-state index contributed by atoms with van der Waals surface area (Å²) in [6.45, 7) is 8.32. The summed E-state index contributed by atoms with van der Waals surface area (Å²) < 4.78 is 0. The molecule has 1 saturated carbocycles. The Bertz CT molecular complexity index is 356. The second-order valence-electron chi connectivity index (χ2n) is 6.31. The van der Waals surface area contributed by atoms with Gasteiger partial charge in [0.2, 0.25) is 0 Å². The molecular weight excluding hydrogens is 212 g/mol. The second kappa shape index (κ2) is 4.24. The van der Waals surface area contributed by atoms with Crippen molar-refractivity contribution in [3.8, 4) is 0 Å². The molecule has 0 aliphatic heterocycles. The van der Waals surface area contributed by atoms with Gasteiger partial charge in [-0.3, -0.25) is 4.79 Å². The molecule has 0 saturated heterocycles. The summed E-state index contributed by atoms with van der Waals surface area (Å²) in [4.78, 5) is 12.6. The van der Waals surface area contributed by atoms with Crippen molar-refractivity contribution in [1.82, 2.24) is 0 Å². The molecule has 4 unspecified atom stereocenters. The second-order valence-corrected chi connectivity index (χ2v) is 6.31. The maximum absolute atomic E-state index is 12.6. The first-order valence-corrected chi connectivity index (χ1v) is 6.80. The first-order valence-electron chi connectivity index (χ1n) is 6.80. The molecule has 0 heterocycles. The normalized spacial score (nSPS) is 42.4. The maximum Gasteiger partial charge on any atom is 0.146 e. The molecule has 0 aromatic carbocycles. The SMILES string of the molecule is CC1=CCC2(O)C(C)CCC(C(C)C)C(=O)C12. The number of carbonyl (C=O) groups excluding carboxylic acids is 1. The van der Waals surface area contributed by atoms with Crippen LogP contribution in [-0.2, 0) is 4.79 Å². The van der Waals surface area contributed by atoms with E-state index < -0.39 is 5.60 Å². The quantitative estimate of drug-likeness (QED) is 0.711. The maximum atomic E-state index is 12.6. The molecule has 2 nitrogen and oxygen atoms in total. The van der Waals surface area contributed by atoms with E-state index >= 15 is 0 Å². The van der Waals surface area contributed by atoms with Gasteiger partial charge in [-0.25, -0.2) is 0 Å². The first-order chi connectivity index (χ1) is 7.88. The molecule has 0 aromatic rings. The minimum Gasteiger partial charge on any atom is -0.388 e. The lowest BCUT2D eigenvalue weighted by atomic mass is 9.74. The third-order valence-electron chi connectivity index (χ3n) is 4.93. The van der Waals surface area contributed by atoms with Crippen molar-refractivity contribution in [2.45, 2.75) is 52.6 Å². The molecule has 2 aliphatic carbocycles. The van der Waals surface area contributed by atoms with Crippen molar-refractivity contribution >= 4 is 5.78 Å². The van der Waals surface area contributed by atoms with Crippen molar-refractivity contribution in [2.75, 3.05) is 0 Å². The fraction of sp³-hybridized carbons (Fsp3) is 0.800. The van der Waals surface area contributed by atoms with Gasteiger partial charge in [-0.1, -0.05) is 32.4 Å². The summed E-state index contributed by atoms with van der Waals surface area (Å²) in [6, 6.07) is 0. The zero-order valence-corrected chi connectivity index (χ0v) is 11.4. The predicted octanol–water partition coefficient (Wildman–Crippen LogP) is 2.95. The van der Waals surface area contributed by atoms with Gasteiger partial charge in [-0.05, 0) is 38.0 Å². The van der Waals surface area contributed by atoms with Gasteiger partial charge in [-0.2, -0.15) is 0 Å². The average molecular weight is 236 g/mol. The molecule has 96 valence electrons. The Balaban J connectivity index is 2.38. The highest BCUT2D eigenvalue weighted by Crippen LogP contribution is 2.47. The molecule has 2 heteroatoms. The van der Waals surface area contributed by atoms with E-state index in [1.54, 1.807) is 0 Å². The summed E-state index contributed by atoms with van der Waals surface area (Å²) >= 11 is 0. The van der Waals surface area contributed by atoms with Crippen molar-refractivity contribution in [3.63, 3.8) is 0 Å². The summed E-state index contributed by atoms with van der Waals surface area (Å²) in [5, 5.41) is 10.8. The zero-order valence-electron chi connectivity index (χ0n) is 11.4. The third kappa shape index (κ3) is 1.87. The van der Waals surface area contributed by atoms with Gasteiger partial charge in [0, 0.05) is 5.92 Å². The number of carbonyl (C=O) groups is 1. The molecule has 17 heavy (non-hydrogen) atoms. The van der Waals surface area contributed by atoms with E-state index in [1.807, 2.05) is 6.92 Å². The highest BCUT2D eigenvalue weighted by atomic mass is 16.3. The van der Waals surface area contributed by atoms with Crippen LogP contribution >= 0.6 is 0 Å². The van der Waals surface area contributed by atoms with Crippen LogP contribution in [0.4, 0.5) is 0 Å². The summed E-state index contributed by atoms with van der Waals surface area (Å²) in [7, 11) is 0. The minimum atomic E-state index is -0.801. The van der Waals surface area contributed by atoms with Crippen LogP contribution in [0.2, 0.25) is 0 Å². The van der Waals surface area contributed by atoms with E-state index in [0.29, 0.717) is 12.3 Å². The molecule has 2 aliphatic rings. The Morgan fingerprint density at radius 1 is 1.41 bits per heavy atom. The van der Waals surface area contributed by atoms with E-state index in [1.165, 1.54) is 0 Å². The van der Waals surface area contributed by atoms with Gasteiger partial charge >= 0.3 is 0 Å². The van der Waals surface area contributed by atoms with Crippen molar-refractivity contribution in [1.29, 1.82) is 0 Å². The van der Waals surface area contributed by atoms with Crippen LogP contribution in [0.15, 0.2) is 11.6 Å². The van der Waals surface area contributed by atoms with Gasteiger partial charge in [0.1, 0.15) is 5.78 Å². The van der Waals surface area contributed by atoms with Crippen LogP contribution in [0, 0.1) is 23.7 Å². The lowest BCUT2D eigenvalue weighted by Gasteiger charge is -2.34. The van der Waals surface area contributed by atoms with E-state index in [9.17, 15) is 9.90 Å². The summed E-state index contributed by atoms with van der Waals surface area (Å²) in [6.07, 6.45) is 4.61. The summed E-state index contributed by atoms with van der Waals surface area (Å²) in [5.41, 5.74) is 0.280. The Morgan fingerprint density at radius 3 is 2.65 bits per heavy atom. The van der Waals surface area contributed by atoms with E-state index in [4.69, 9.17) is 0 Å². The molecule has 0 aromatic heterocycles. The molecule has 0 spiro atoms. The first kappa shape index (κ1) is 12.8. The standard InChI is InChI=1S/C15H24O2/c1-9(2)12-6-5-11(4)15(17)8-7-10(3)13(15)14(12)16/h7,9,11-13,17H,5-6,8H2,1-4H3. The number of hydrogen-bond donors (Lipinski definition) is 1. The number of rotatable bonds is 1. The Hall–Kier alpha value is -0.630. The van der Waals surface area contributed by atoms with Crippen LogP contribution in [0.1, 0.15) is 47.0 Å². The van der Waals surface area contributed by atoms with Gasteiger partial charge in [0.05, 0.1) is 11.5 Å². The van der Waals surface area contributed by atoms with Gasteiger partial charge in [-0.15, -0.1) is 0 Å².